The number of aromatic nitrogens is 1. The summed E-state index contributed by atoms with van der Waals surface area (Å²) in [4.78, 5) is 19.0. The Bertz CT molecular complexity index is 728. The Labute approximate surface area is 153 Å². The highest BCUT2D eigenvalue weighted by Crippen LogP contribution is 2.22. The molecule has 0 saturated carbocycles. The lowest BCUT2D eigenvalue weighted by atomic mass is 9.99. The second-order valence-electron chi connectivity index (χ2n) is 6.18. The van der Waals surface area contributed by atoms with Crippen molar-refractivity contribution >= 4 is 38.3 Å². The molecule has 1 N–H and O–H groups in total. The zero-order chi connectivity index (χ0) is 17.1. The van der Waals surface area contributed by atoms with Crippen LogP contribution in [0.15, 0.2) is 28.1 Å². The van der Waals surface area contributed by atoms with E-state index in [0.717, 1.165) is 31.2 Å². The molecule has 2 aromatic rings. The highest BCUT2D eigenvalue weighted by atomic mass is 79.9. The molecule has 1 fully saturated rings. The van der Waals surface area contributed by atoms with Gasteiger partial charge in [-0.05, 0) is 50.0 Å². The minimum atomic E-state index is -0.555. The smallest absolute Gasteiger partial charge is 0.260 e. The van der Waals surface area contributed by atoms with Crippen LogP contribution < -0.4 is 5.32 Å². The minimum absolute atomic E-state index is 0.0139. The first-order valence-electron chi connectivity index (χ1n) is 7.94. The third kappa shape index (κ3) is 4.40. The van der Waals surface area contributed by atoms with Crippen LogP contribution in [0.1, 0.15) is 35.8 Å². The van der Waals surface area contributed by atoms with Gasteiger partial charge in [-0.1, -0.05) is 22.9 Å². The molecule has 0 radical (unpaired) electrons. The zero-order valence-electron chi connectivity index (χ0n) is 13.4. The lowest BCUT2D eigenvalue weighted by molar-refractivity contribution is 0.102. The Kier molecular flexibility index (Phi) is 5.63. The molecule has 1 aliphatic rings. The monoisotopic (exact) mass is 411 g/mol. The number of benzene rings is 1. The summed E-state index contributed by atoms with van der Waals surface area (Å²) in [5.74, 6) is -0.235. The van der Waals surface area contributed by atoms with Crippen LogP contribution in [0.25, 0.3) is 0 Å². The van der Waals surface area contributed by atoms with E-state index >= 15 is 0 Å². The van der Waals surface area contributed by atoms with Crippen LogP contribution in [0.5, 0.6) is 0 Å². The molecule has 0 bridgehead atoms. The second kappa shape index (κ2) is 7.72. The van der Waals surface area contributed by atoms with Gasteiger partial charge in [-0.15, -0.1) is 11.3 Å². The van der Waals surface area contributed by atoms with Crippen molar-refractivity contribution in [1.29, 1.82) is 0 Å². The van der Waals surface area contributed by atoms with Gasteiger partial charge in [0.15, 0.2) is 5.13 Å². The maximum absolute atomic E-state index is 13.8. The average molecular weight is 412 g/mol. The van der Waals surface area contributed by atoms with Gasteiger partial charge in [-0.3, -0.25) is 15.0 Å². The van der Waals surface area contributed by atoms with Crippen LogP contribution in [0.4, 0.5) is 9.52 Å². The Morgan fingerprint density at radius 2 is 2.21 bits per heavy atom. The average Bonchev–Trinajstić information content (AvgIpc) is 2.96. The molecular formula is C17H19BrFN3OS. The number of carbonyl (C=O) groups is 1. The summed E-state index contributed by atoms with van der Waals surface area (Å²) >= 11 is 4.55. The van der Waals surface area contributed by atoms with Crippen molar-refractivity contribution < 1.29 is 9.18 Å². The number of hydrogen-bond acceptors (Lipinski definition) is 4. The molecule has 0 unspecified atom stereocenters. The number of carbonyl (C=O) groups excluding carboxylic acids is 1. The third-order valence-electron chi connectivity index (χ3n) is 4.21. The predicted molar refractivity (Wildman–Crippen MR) is 97.8 cm³/mol. The van der Waals surface area contributed by atoms with Gasteiger partial charge in [0.2, 0.25) is 0 Å². The first kappa shape index (κ1) is 17.5. The molecule has 7 heteroatoms. The van der Waals surface area contributed by atoms with Crippen LogP contribution in [-0.2, 0) is 6.54 Å². The Morgan fingerprint density at radius 3 is 2.92 bits per heavy atom. The van der Waals surface area contributed by atoms with E-state index in [-0.39, 0.29) is 5.56 Å². The fraction of sp³-hybridized carbons (Fsp3) is 0.412. The summed E-state index contributed by atoms with van der Waals surface area (Å²) in [6.45, 7) is 5.26. The number of thiazole rings is 1. The SMILES string of the molecule is CC1CCN(Cc2csc(NC(=O)c3ccc(Br)cc3F)n2)CC1. The van der Waals surface area contributed by atoms with Crippen LogP contribution in [0.2, 0.25) is 0 Å². The van der Waals surface area contributed by atoms with Crippen molar-refractivity contribution in [2.45, 2.75) is 26.3 Å². The first-order valence-corrected chi connectivity index (χ1v) is 9.61. The van der Waals surface area contributed by atoms with Crippen molar-refractivity contribution in [3.63, 3.8) is 0 Å². The van der Waals surface area contributed by atoms with E-state index in [9.17, 15) is 9.18 Å². The van der Waals surface area contributed by atoms with Gasteiger partial charge < -0.3 is 0 Å². The number of halogens is 2. The molecule has 0 spiro atoms. The van der Waals surface area contributed by atoms with Crippen molar-refractivity contribution in [2.75, 3.05) is 18.4 Å². The van der Waals surface area contributed by atoms with Gasteiger partial charge in [-0.25, -0.2) is 9.37 Å². The summed E-state index contributed by atoms with van der Waals surface area (Å²) in [5.41, 5.74) is 0.959. The van der Waals surface area contributed by atoms with E-state index < -0.39 is 11.7 Å². The van der Waals surface area contributed by atoms with Crippen LogP contribution >= 0.6 is 27.3 Å². The summed E-state index contributed by atoms with van der Waals surface area (Å²) in [5, 5.41) is 5.13. The number of nitrogens with one attached hydrogen (secondary N) is 1. The quantitative estimate of drug-likeness (QED) is 0.803. The number of rotatable bonds is 4. The molecular weight excluding hydrogens is 393 g/mol. The van der Waals surface area contributed by atoms with E-state index in [1.54, 1.807) is 6.07 Å². The normalized spacial score (nSPS) is 16.3. The number of piperidine rings is 1. The topological polar surface area (TPSA) is 45.2 Å². The fourth-order valence-corrected chi connectivity index (χ4v) is 3.75. The van der Waals surface area contributed by atoms with E-state index in [2.05, 4.69) is 38.1 Å². The Hall–Kier alpha value is -1.31. The molecule has 3 rings (SSSR count). The van der Waals surface area contributed by atoms with Crippen molar-refractivity contribution in [1.82, 2.24) is 9.88 Å². The molecule has 1 amide bonds. The zero-order valence-corrected chi connectivity index (χ0v) is 15.8. The lowest BCUT2D eigenvalue weighted by Gasteiger charge is -2.29. The van der Waals surface area contributed by atoms with Crippen LogP contribution in [0.3, 0.4) is 0 Å². The maximum atomic E-state index is 13.8. The van der Waals surface area contributed by atoms with Gasteiger partial charge in [0.25, 0.3) is 5.91 Å². The van der Waals surface area contributed by atoms with Gasteiger partial charge in [0, 0.05) is 16.4 Å². The second-order valence-corrected chi connectivity index (χ2v) is 7.95. The van der Waals surface area contributed by atoms with Crippen molar-refractivity contribution in [2.24, 2.45) is 5.92 Å². The lowest BCUT2D eigenvalue weighted by Crippen LogP contribution is -2.32. The molecule has 0 aliphatic carbocycles. The Morgan fingerprint density at radius 1 is 1.46 bits per heavy atom. The summed E-state index contributed by atoms with van der Waals surface area (Å²) < 4.78 is 14.4. The summed E-state index contributed by atoms with van der Waals surface area (Å²) in [6.07, 6.45) is 2.44. The summed E-state index contributed by atoms with van der Waals surface area (Å²) in [6, 6.07) is 4.38. The number of likely N-dealkylation sites (tertiary alicyclic amines) is 1. The first-order chi connectivity index (χ1) is 11.5. The number of amides is 1. The number of anilines is 1. The summed E-state index contributed by atoms with van der Waals surface area (Å²) in [7, 11) is 0. The molecule has 1 aliphatic heterocycles. The van der Waals surface area contributed by atoms with E-state index in [1.807, 2.05) is 5.38 Å². The van der Waals surface area contributed by atoms with Crippen LogP contribution in [0, 0.1) is 11.7 Å². The van der Waals surface area contributed by atoms with Gasteiger partial charge in [0.1, 0.15) is 5.82 Å². The van der Waals surface area contributed by atoms with E-state index in [4.69, 9.17) is 0 Å². The van der Waals surface area contributed by atoms with Gasteiger partial charge in [0.05, 0.1) is 11.3 Å². The maximum Gasteiger partial charge on any atom is 0.260 e. The highest BCUT2D eigenvalue weighted by Gasteiger charge is 2.18. The molecule has 24 heavy (non-hydrogen) atoms. The minimum Gasteiger partial charge on any atom is -0.298 e. The number of hydrogen-bond donors (Lipinski definition) is 1. The molecule has 0 atom stereocenters. The van der Waals surface area contributed by atoms with Crippen molar-refractivity contribution in [3.05, 3.63) is 45.1 Å². The largest absolute Gasteiger partial charge is 0.298 e. The highest BCUT2D eigenvalue weighted by molar-refractivity contribution is 9.10. The molecule has 2 heterocycles. The molecule has 4 nitrogen and oxygen atoms in total. The van der Waals surface area contributed by atoms with Crippen molar-refractivity contribution in [3.8, 4) is 0 Å². The molecule has 1 aromatic heterocycles. The van der Waals surface area contributed by atoms with Gasteiger partial charge >= 0.3 is 0 Å². The predicted octanol–water partition coefficient (Wildman–Crippen LogP) is 4.53. The fourth-order valence-electron chi connectivity index (χ4n) is 2.72. The van der Waals surface area contributed by atoms with E-state index in [0.29, 0.717) is 9.60 Å². The van der Waals surface area contributed by atoms with Crippen LogP contribution in [-0.4, -0.2) is 28.9 Å². The molecule has 128 valence electrons. The number of nitrogens with zero attached hydrogens (tertiary/aromatic N) is 2. The Balaban J connectivity index is 1.60. The standard InChI is InChI=1S/C17H19BrFN3OS/c1-11-4-6-22(7-5-11)9-13-10-24-17(20-13)21-16(23)14-3-2-12(18)8-15(14)19/h2-3,8,10-11H,4-7,9H2,1H3,(H,20,21,23). The van der Waals surface area contributed by atoms with Gasteiger partial charge in [-0.2, -0.15) is 0 Å². The van der Waals surface area contributed by atoms with E-state index in [1.165, 1.54) is 36.3 Å². The molecule has 1 aromatic carbocycles. The third-order valence-corrected chi connectivity index (χ3v) is 5.51. The molecule has 1 saturated heterocycles.